The Labute approximate surface area is 95.2 Å². The molecule has 0 saturated heterocycles. The molecule has 10 nitrogen and oxygen atoms in total. The minimum Gasteiger partial charge on any atom is -0.480 e. The van der Waals surface area contributed by atoms with E-state index in [9.17, 15) is 13.9 Å². The minimum atomic E-state index is -5.40. The van der Waals surface area contributed by atoms with E-state index in [0.717, 1.165) is 0 Å². The summed E-state index contributed by atoms with van der Waals surface area (Å²) >= 11 is 0. The molecule has 0 radical (unpaired) electrons. The van der Waals surface area contributed by atoms with Crippen LogP contribution in [0.15, 0.2) is 0 Å². The maximum absolute atomic E-state index is 11.3. The zero-order valence-corrected chi connectivity index (χ0v) is 10.1. The quantitative estimate of drug-likeness (QED) is 0.291. The maximum atomic E-state index is 11.3. The largest absolute Gasteiger partial charge is 0.480 e. The Morgan fingerprint density at radius 2 is 1.71 bits per heavy atom. The van der Waals surface area contributed by atoms with Crippen LogP contribution in [0.25, 0.3) is 0 Å². The molecular formula is C5H12O10P2. The van der Waals surface area contributed by atoms with Crippen molar-refractivity contribution < 1.29 is 48.4 Å². The SMILES string of the molecule is O=C(O)C(P(=O)(O)O)P(=O)(O)OC[C@@H](O)CO. The van der Waals surface area contributed by atoms with E-state index >= 15 is 0 Å². The topological polar surface area (TPSA) is 182 Å². The predicted octanol–water partition coefficient (Wildman–Crippen LogP) is -1.87. The summed E-state index contributed by atoms with van der Waals surface area (Å²) in [5.74, 6) is -2.21. The standard InChI is InChI=1S/C5H12O10P2/c6-1-3(7)2-15-17(13,14)5(4(8)9)16(10,11)12/h3,5-7H,1-2H2,(H,8,9)(H,13,14)(H2,10,11,12)/t3-,5?/m0/s1. The van der Waals surface area contributed by atoms with Gasteiger partial charge >= 0.3 is 21.2 Å². The maximum Gasteiger partial charge on any atom is 0.354 e. The number of aliphatic hydroxyl groups excluding tert-OH is 2. The van der Waals surface area contributed by atoms with Gasteiger partial charge in [0.25, 0.3) is 5.40 Å². The number of carbonyl (C=O) groups is 1. The van der Waals surface area contributed by atoms with Crippen LogP contribution < -0.4 is 0 Å². The molecule has 0 aliphatic rings. The first-order valence-electron chi connectivity index (χ1n) is 4.06. The molecule has 12 heteroatoms. The van der Waals surface area contributed by atoms with E-state index in [0.29, 0.717) is 0 Å². The first kappa shape index (κ1) is 16.7. The van der Waals surface area contributed by atoms with Gasteiger partial charge in [0.15, 0.2) is 0 Å². The van der Waals surface area contributed by atoms with Crippen molar-refractivity contribution in [1.29, 1.82) is 0 Å². The summed E-state index contributed by atoms with van der Waals surface area (Å²) in [5.41, 5.74) is 0. The number of hydrogen-bond acceptors (Lipinski definition) is 6. The van der Waals surface area contributed by atoms with Gasteiger partial charge in [-0.25, -0.2) is 0 Å². The zero-order chi connectivity index (χ0) is 13.9. The fourth-order valence-corrected chi connectivity index (χ4v) is 3.60. The highest BCUT2D eigenvalue weighted by atomic mass is 31.2. The van der Waals surface area contributed by atoms with Gasteiger partial charge in [0.1, 0.15) is 6.10 Å². The summed E-state index contributed by atoms with van der Waals surface area (Å²) in [7, 11) is -10.6. The van der Waals surface area contributed by atoms with Gasteiger partial charge in [-0.1, -0.05) is 0 Å². The van der Waals surface area contributed by atoms with Crippen molar-refractivity contribution in [2.24, 2.45) is 0 Å². The van der Waals surface area contributed by atoms with Crippen LogP contribution in [-0.4, -0.2) is 60.7 Å². The van der Waals surface area contributed by atoms with Gasteiger partial charge < -0.3 is 34.5 Å². The Balaban J connectivity index is 4.93. The average molecular weight is 294 g/mol. The predicted molar refractivity (Wildman–Crippen MR) is 52.3 cm³/mol. The Hall–Kier alpha value is -0.310. The number of rotatable bonds is 7. The lowest BCUT2D eigenvalue weighted by atomic mass is 10.4. The molecule has 0 aromatic carbocycles. The highest BCUT2D eigenvalue weighted by Gasteiger charge is 2.51. The second kappa shape index (κ2) is 6.03. The Morgan fingerprint density at radius 3 is 2.00 bits per heavy atom. The van der Waals surface area contributed by atoms with Crippen molar-refractivity contribution in [2.75, 3.05) is 13.2 Å². The van der Waals surface area contributed by atoms with Crippen LogP contribution >= 0.6 is 15.2 Å². The first-order valence-corrected chi connectivity index (χ1v) is 7.39. The summed E-state index contributed by atoms with van der Waals surface area (Å²) in [4.78, 5) is 36.8. The molecule has 0 aliphatic carbocycles. The molecule has 0 rings (SSSR count). The smallest absolute Gasteiger partial charge is 0.354 e. The molecule has 0 heterocycles. The monoisotopic (exact) mass is 294 g/mol. The van der Waals surface area contributed by atoms with E-state index in [2.05, 4.69) is 4.52 Å². The van der Waals surface area contributed by atoms with E-state index < -0.39 is 45.9 Å². The molecule has 6 N–H and O–H groups in total. The summed E-state index contributed by atoms with van der Waals surface area (Å²) in [6.45, 7) is -1.76. The van der Waals surface area contributed by atoms with Crippen LogP contribution in [0.3, 0.4) is 0 Å². The Morgan fingerprint density at radius 1 is 1.24 bits per heavy atom. The van der Waals surface area contributed by atoms with E-state index in [-0.39, 0.29) is 0 Å². The molecule has 3 atom stereocenters. The molecule has 0 aromatic rings. The second-order valence-corrected chi connectivity index (χ2v) is 7.00. The lowest BCUT2D eigenvalue weighted by Crippen LogP contribution is -2.25. The summed E-state index contributed by atoms with van der Waals surface area (Å²) in [6, 6.07) is 0. The molecule has 102 valence electrons. The summed E-state index contributed by atoms with van der Waals surface area (Å²) in [5, 5.41) is 22.7. The van der Waals surface area contributed by atoms with Crippen LogP contribution in [0, 0.1) is 0 Å². The Kier molecular flexibility index (Phi) is 5.92. The zero-order valence-electron chi connectivity index (χ0n) is 8.28. The van der Waals surface area contributed by atoms with Crippen LogP contribution in [0.1, 0.15) is 0 Å². The van der Waals surface area contributed by atoms with Crippen LogP contribution in [0.5, 0.6) is 0 Å². The molecule has 0 saturated carbocycles. The number of aliphatic hydroxyl groups is 2. The van der Waals surface area contributed by atoms with Crippen molar-refractivity contribution in [3.05, 3.63) is 0 Å². The minimum absolute atomic E-state index is 0.826. The molecular weight excluding hydrogens is 282 g/mol. The third-order valence-electron chi connectivity index (χ3n) is 1.51. The fraction of sp³-hybridized carbons (Fsp3) is 0.800. The summed E-state index contributed by atoms with van der Waals surface area (Å²) < 4.78 is 26.1. The van der Waals surface area contributed by atoms with Crippen LogP contribution in [0.4, 0.5) is 0 Å². The van der Waals surface area contributed by atoms with Gasteiger partial charge in [-0.15, -0.1) is 0 Å². The van der Waals surface area contributed by atoms with Gasteiger partial charge in [0, 0.05) is 0 Å². The highest BCUT2D eigenvalue weighted by Crippen LogP contribution is 2.62. The lowest BCUT2D eigenvalue weighted by Gasteiger charge is -2.20. The highest BCUT2D eigenvalue weighted by molar-refractivity contribution is 7.72. The fourth-order valence-electron chi connectivity index (χ4n) is 0.790. The summed E-state index contributed by atoms with van der Waals surface area (Å²) in [6.07, 6.45) is -1.57. The van der Waals surface area contributed by atoms with Crippen molar-refractivity contribution in [3.8, 4) is 0 Å². The molecule has 0 aromatic heterocycles. The van der Waals surface area contributed by atoms with Gasteiger partial charge in [-0.2, -0.15) is 0 Å². The molecule has 17 heavy (non-hydrogen) atoms. The molecule has 0 spiro atoms. The van der Waals surface area contributed by atoms with Crippen LogP contribution in [0.2, 0.25) is 0 Å². The van der Waals surface area contributed by atoms with Gasteiger partial charge in [-0.3, -0.25) is 13.9 Å². The van der Waals surface area contributed by atoms with E-state index in [1.165, 1.54) is 0 Å². The average Bonchev–Trinajstić information content (AvgIpc) is 2.10. The van der Waals surface area contributed by atoms with Gasteiger partial charge in [0.2, 0.25) is 0 Å². The first-order chi connectivity index (χ1) is 7.52. The Bertz CT molecular complexity index is 360. The van der Waals surface area contributed by atoms with Gasteiger partial charge in [0.05, 0.1) is 13.2 Å². The van der Waals surface area contributed by atoms with Crippen molar-refractivity contribution >= 4 is 21.2 Å². The van der Waals surface area contributed by atoms with E-state index in [4.69, 9.17) is 30.0 Å². The van der Waals surface area contributed by atoms with Crippen LogP contribution in [-0.2, 0) is 18.4 Å². The number of hydrogen-bond donors (Lipinski definition) is 6. The molecule has 0 aliphatic heterocycles. The van der Waals surface area contributed by atoms with Crippen molar-refractivity contribution in [3.63, 3.8) is 0 Å². The number of aliphatic carboxylic acids is 1. The molecule has 0 bridgehead atoms. The van der Waals surface area contributed by atoms with Gasteiger partial charge in [-0.05, 0) is 0 Å². The number of carboxylic acid groups (broad SMARTS) is 1. The van der Waals surface area contributed by atoms with Crippen molar-refractivity contribution in [1.82, 2.24) is 0 Å². The third kappa shape index (κ3) is 5.24. The molecule has 0 fully saturated rings. The third-order valence-corrected chi connectivity index (χ3v) is 5.51. The number of carboxylic acids is 1. The normalized spacial score (nSPS) is 19.4. The van der Waals surface area contributed by atoms with E-state index in [1.807, 2.05) is 0 Å². The molecule has 2 unspecified atom stereocenters. The molecule has 0 amide bonds. The second-order valence-electron chi connectivity index (χ2n) is 3.00. The van der Waals surface area contributed by atoms with E-state index in [1.54, 1.807) is 0 Å². The lowest BCUT2D eigenvalue weighted by molar-refractivity contribution is -0.135. The van der Waals surface area contributed by atoms with Crippen molar-refractivity contribution in [2.45, 2.75) is 11.5 Å².